The molecule has 5 heteroatoms. The van der Waals surface area contributed by atoms with Crippen LogP contribution in [0.1, 0.15) is 40.2 Å². The standard InChI is InChI=1S/C27H25BrN2O2/c1-16-4-6-18(7-5-16)26-25(27(31)29-2)22-14-21(17-8-9-17)23(15-24(22)32-26)30(3)20-12-10-19(28)11-13-20/h4-7,10-15,17H,8-9H2,1-3H3,(H,29,31). The van der Waals surface area contributed by atoms with E-state index in [-0.39, 0.29) is 5.91 Å². The van der Waals surface area contributed by atoms with Gasteiger partial charge in [-0.15, -0.1) is 0 Å². The van der Waals surface area contributed by atoms with Crippen molar-refractivity contribution in [3.63, 3.8) is 0 Å². The summed E-state index contributed by atoms with van der Waals surface area (Å²) in [5.74, 6) is 1.00. The van der Waals surface area contributed by atoms with Gasteiger partial charge in [0.1, 0.15) is 11.3 Å². The molecule has 0 saturated heterocycles. The van der Waals surface area contributed by atoms with E-state index in [1.54, 1.807) is 7.05 Å². The molecule has 5 rings (SSSR count). The van der Waals surface area contributed by atoms with E-state index in [0.717, 1.165) is 32.4 Å². The molecule has 1 N–H and O–H groups in total. The van der Waals surface area contributed by atoms with Crippen LogP contribution >= 0.6 is 15.9 Å². The smallest absolute Gasteiger partial charge is 0.255 e. The molecule has 0 bridgehead atoms. The van der Waals surface area contributed by atoms with Crippen LogP contribution in [-0.4, -0.2) is 20.0 Å². The van der Waals surface area contributed by atoms with Crippen molar-refractivity contribution in [1.29, 1.82) is 0 Å². The Morgan fingerprint density at radius 2 is 1.75 bits per heavy atom. The highest BCUT2D eigenvalue weighted by Crippen LogP contribution is 2.48. The zero-order chi connectivity index (χ0) is 22.4. The summed E-state index contributed by atoms with van der Waals surface area (Å²) in [6.07, 6.45) is 2.34. The fourth-order valence-corrected chi connectivity index (χ4v) is 4.49. The number of carbonyl (C=O) groups excluding carboxylic acids is 1. The molecule has 162 valence electrons. The Morgan fingerprint density at radius 1 is 1.06 bits per heavy atom. The van der Waals surface area contributed by atoms with E-state index in [1.807, 2.05) is 43.3 Å². The van der Waals surface area contributed by atoms with Gasteiger partial charge >= 0.3 is 0 Å². The van der Waals surface area contributed by atoms with Crippen LogP contribution in [0, 0.1) is 6.92 Å². The maximum absolute atomic E-state index is 12.9. The van der Waals surface area contributed by atoms with E-state index < -0.39 is 0 Å². The number of anilines is 2. The molecule has 1 aromatic heterocycles. The number of hydrogen-bond acceptors (Lipinski definition) is 3. The van der Waals surface area contributed by atoms with Crippen LogP contribution in [0.5, 0.6) is 0 Å². The van der Waals surface area contributed by atoms with Crippen LogP contribution in [-0.2, 0) is 0 Å². The first kappa shape index (κ1) is 20.8. The normalized spacial score (nSPS) is 13.4. The Kier molecular flexibility index (Phi) is 5.30. The number of benzene rings is 3. The van der Waals surface area contributed by atoms with Crippen LogP contribution in [0.3, 0.4) is 0 Å². The van der Waals surface area contributed by atoms with Crippen LogP contribution < -0.4 is 10.2 Å². The number of furan rings is 1. The predicted octanol–water partition coefficient (Wildman–Crippen LogP) is 7.18. The highest BCUT2D eigenvalue weighted by Gasteiger charge is 2.30. The van der Waals surface area contributed by atoms with Gasteiger partial charge in [0.15, 0.2) is 0 Å². The molecule has 1 aliphatic rings. The SMILES string of the molecule is CNC(=O)c1c(-c2ccc(C)cc2)oc2cc(N(C)c3ccc(Br)cc3)c(C3CC3)cc12. The van der Waals surface area contributed by atoms with Gasteiger partial charge in [0.05, 0.1) is 5.56 Å². The molecular formula is C27H25BrN2O2. The fourth-order valence-electron chi connectivity index (χ4n) is 4.22. The summed E-state index contributed by atoms with van der Waals surface area (Å²) in [7, 11) is 3.75. The number of aryl methyl sites for hydroxylation is 1. The van der Waals surface area contributed by atoms with Crippen LogP contribution in [0.25, 0.3) is 22.3 Å². The average Bonchev–Trinajstić information content (AvgIpc) is 3.58. The highest BCUT2D eigenvalue weighted by molar-refractivity contribution is 9.10. The largest absolute Gasteiger partial charge is 0.455 e. The van der Waals surface area contributed by atoms with Crippen LogP contribution in [0.4, 0.5) is 11.4 Å². The molecule has 1 heterocycles. The quantitative estimate of drug-likeness (QED) is 0.323. The lowest BCUT2D eigenvalue weighted by atomic mass is 9.99. The third-order valence-corrected chi connectivity index (χ3v) is 6.73. The summed E-state index contributed by atoms with van der Waals surface area (Å²) >= 11 is 3.52. The Bertz CT molecular complexity index is 1300. The molecule has 32 heavy (non-hydrogen) atoms. The molecule has 4 nitrogen and oxygen atoms in total. The minimum Gasteiger partial charge on any atom is -0.455 e. The Morgan fingerprint density at radius 3 is 2.38 bits per heavy atom. The van der Waals surface area contributed by atoms with Crippen molar-refractivity contribution in [2.75, 3.05) is 19.0 Å². The first-order valence-electron chi connectivity index (χ1n) is 10.8. The van der Waals surface area contributed by atoms with Crippen molar-refractivity contribution in [1.82, 2.24) is 5.32 Å². The number of nitrogens with one attached hydrogen (secondary N) is 1. The van der Waals surface area contributed by atoms with E-state index in [0.29, 0.717) is 17.2 Å². The molecule has 1 aliphatic carbocycles. The van der Waals surface area contributed by atoms with Gasteiger partial charge in [-0.1, -0.05) is 45.8 Å². The third kappa shape index (κ3) is 3.71. The fraction of sp³-hybridized carbons (Fsp3) is 0.222. The zero-order valence-electron chi connectivity index (χ0n) is 18.4. The van der Waals surface area contributed by atoms with Gasteiger partial charge < -0.3 is 14.6 Å². The van der Waals surface area contributed by atoms with Crippen molar-refractivity contribution < 1.29 is 9.21 Å². The lowest BCUT2D eigenvalue weighted by molar-refractivity contribution is 0.0964. The second-order valence-corrected chi connectivity index (χ2v) is 9.38. The minimum absolute atomic E-state index is 0.130. The predicted molar refractivity (Wildman–Crippen MR) is 134 cm³/mol. The van der Waals surface area contributed by atoms with Crippen molar-refractivity contribution in [2.24, 2.45) is 0 Å². The van der Waals surface area contributed by atoms with Crippen LogP contribution in [0.2, 0.25) is 0 Å². The van der Waals surface area contributed by atoms with E-state index >= 15 is 0 Å². The highest BCUT2D eigenvalue weighted by atomic mass is 79.9. The molecule has 0 spiro atoms. The Labute approximate surface area is 196 Å². The van der Waals surface area contributed by atoms with E-state index in [9.17, 15) is 4.79 Å². The molecule has 0 aliphatic heterocycles. The zero-order valence-corrected chi connectivity index (χ0v) is 20.0. The second kappa shape index (κ2) is 8.14. The summed E-state index contributed by atoms with van der Waals surface area (Å²) in [5.41, 5.74) is 6.89. The molecule has 1 saturated carbocycles. The Balaban J connectivity index is 1.72. The van der Waals surface area contributed by atoms with Gasteiger partial charge in [-0.05, 0) is 61.6 Å². The van der Waals surface area contributed by atoms with Gasteiger partial charge in [0, 0.05) is 47.0 Å². The second-order valence-electron chi connectivity index (χ2n) is 8.47. The number of hydrogen-bond donors (Lipinski definition) is 1. The number of fused-ring (bicyclic) bond motifs is 1. The molecule has 1 fully saturated rings. The van der Waals surface area contributed by atoms with E-state index in [4.69, 9.17) is 4.42 Å². The number of amides is 1. The first-order chi connectivity index (χ1) is 15.5. The molecule has 1 amide bonds. The first-order valence-corrected chi connectivity index (χ1v) is 11.6. The summed E-state index contributed by atoms with van der Waals surface area (Å²) in [5, 5.41) is 3.67. The minimum atomic E-state index is -0.130. The topological polar surface area (TPSA) is 45.5 Å². The maximum Gasteiger partial charge on any atom is 0.255 e. The summed E-state index contributed by atoms with van der Waals surface area (Å²) in [6, 6.07) is 20.7. The number of carbonyl (C=O) groups is 1. The monoisotopic (exact) mass is 488 g/mol. The third-order valence-electron chi connectivity index (χ3n) is 6.20. The molecule has 3 aromatic carbocycles. The van der Waals surface area contributed by atoms with E-state index in [2.05, 4.69) is 57.5 Å². The molecule has 0 radical (unpaired) electrons. The summed E-state index contributed by atoms with van der Waals surface area (Å²) < 4.78 is 7.41. The van der Waals surface area contributed by atoms with Gasteiger partial charge in [0.2, 0.25) is 0 Å². The van der Waals surface area contributed by atoms with Gasteiger partial charge in [-0.2, -0.15) is 0 Å². The van der Waals surface area contributed by atoms with Gasteiger partial charge in [0.25, 0.3) is 5.91 Å². The number of halogens is 1. The van der Waals surface area contributed by atoms with Crippen molar-refractivity contribution in [3.8, 4) is 11.3 Å². The maximum atomic E-state index is 12.9. The van der Waals surface area contributed by atoms with Crippen molar-refractivity contribution in [2.45, 2.75) is 25.7 Å². The van der Waals surface area contributed by atoms with Gasteiger partial charge in [-0.25, -0.2) is 0 Å². The van der Waals surface area contributed by atoms with E-state index in [1.165, 1.54) is 24.0 Å². The lowest BCUT2D eigenvalue weighted by Crippen LogP contribution is -2.18. The van der Waals surface area contributed by atoms with Crippen molar-refractivity contribution in [3.05, 3.63) is 81.8 Å². The van der Waals surface area contributed by atoms with Gasteiger partial charge in [-0.3, -0.25) is 4.79 Å². The molecule has 4 aromatic rings. The summed E-state index contributed by atoms with van der Waals surface area (Å²) in [4.78, 5) is 15.1. The molecule has 0 atom stereocenters. The Hall–Kier alpha value is -3.05. The molecular weight excluding hydrogens is 464 g/mol. The lowest BCUT2D eigenvalue weighted by Gasteiger charge is -2.23. The number of rotatable bonds is 5. The van der Waals surface area contributed by atoms with Crippen molar-refractivity contribution >= 4 is 44.2 Å². The summed E-state index contributed by atoms with van der Waals surface area (Å²) in [6.45, 7) is 2.05. The average molecular weight is 489 g/mol. The molecule has 0 unspecified atom stereocenters. The number of nitrogens with zero attached hydrogens (tertiary/aromatic N) is 1. The van der Waals surface area contributed by atoms with Crippen LogP contribution in [0.15, 0.2) is 69.6 Å².